The topological polar surface area (TPSA) is 54.9 Å². The number of hydrogen-bond donors (Lipinski definition) is 1. The molecule has 4 rings (SSSR count). The van der Waals surface area contributed by atoms with Gasteiger partial charge in [-0.2, -0.15) is 0 Å². The molecule has 0 aliphatic carbocycles. The van der Waals surface area contributed by atoms with Crippen molar-refractivity contribution in [2.24, 2.45) is 0 Å². The lowest BCUT2D eigenvalue weighted by atomic mass is 10.0. The van der Waals surface area contributed by atoms with Gasteiger partial charge < -0.3 is 5.32 Å². The highest BCUT2D eigenvalue weighted by molar-refractivity contribution is 8.00. The lowest BCUT2D eigenvalue weighted by molar-refractivity contribution is -0.113. The molecule has 1 N–H and O–H groups in total. The van der Waals surface area contributed by atoms with Crippen LogP contribution < -0.4 is 5.32 Å². The van der Waals surface area contributed by atoms with E-state index in [-0.39, 0.29) is 5.91 Å². The molecule has 0 radical (unpaired) electrons. The molecule has 0 unspecified atom stereocenters. The van der Waals surface area contributed by atoms with Crippen LogP contribution in [0.5, 0.6) is 0 Å². The molecule has 1 amide bonds. The molecular weight excluding hydrogens is 366 g/mol. The molecule has 0 atom stereocenters. The van der Waals surface area contributed by atoms with Crippen LogP contribution in [0.4, 0.5) is 5.69 Å². The summed E-state index contributed by atoms with van der Waals surface area (Å²) in [5.74, 6) is 0.244. The third-order valence-corrected chi connectivity index (χ3v) is 5.38. The highest BCUT2D eigenvalue weighted by Gasteiger charge is 2.10. The average molecular weight is 385 g/mol. The lowest BCUT2D eigenvalue weighted by Gasteiger charge is -2.11. The van der Waals surface area contributed by atoms with Gasteiger partial charge in [0.05, 0.1) is 11.3 Å². The van der Waals surface area contributed by atoms with Gasteiger partial charge in [-0.1, -0.05) is 78.5 Å². The number of carbonyl (C=O) groups is 1. The van der Waals surface area contributed by atoms with E-state index in [0.29, 0.717) is 5.75 Å². The fourth-order valence-electron chi connectivity index (χ4n) is 3.03. The molecular formula is C23H19N3OS. The maximum Gasteiger partial charge on any atom is 0.234 e. The van der Waals surface area contributed by atoms with Crippen LogP contribution in [0.15, 0.2) is 90.2 Å². The van der Waals surface area contributed by atoms with E-state index in [9.17, 15) is 4.79 Å². The van der Waals surface area contributed by atoms with Crippen LogP contribution in [0.25, 0.3) is 10.9 Å². The Hall–Kier alpha value is -3.18. The zero-order valence-electron chi connectivity index (χ0n) is 15.2. The van der Waals surface area contributed by atoms with Crippen molar-refractivity contribution in [1.29, 1.82) is 0 Å². The Bertz CT molecular complexity index is 1090. The average Bonchev–Trinajstić information content (AvgIpc) is 2.74. The van der Waals surface area contributed by atoms with Crippen molar-refractivity contribution < 1.29 is 4.79 Å². The minimum Gasteiger partial charge on any atom is -0.325 e. The number of thioether (sulfide) groups is 1. The summed E-state index contributed by atoms with van der Waals surface area (Å²) in [6, 6.07) is 26.0. The van der Waals surface area contributed by atoms with E-state index in [1.54, 1.807) is 0 Å². The summed E-state index contributed by atoms with van der Waals surface area (Å²) in [6.07, 6.45) is 2.32. The number of para-hydroxylation sites is 2. The van der Waals surface area contributed by atoms with E-state index in [1.165, 1.54) is 23.7 Å². The highest BCUT2D eigenvalue weighted by Crippen LogP contribution is 2.25. The Kier molecular flexibility index (Phi) is 5.64. The fourth-order valence-corrected chi connectivity index (χ4v) is 3.82. The van der Waals surface area contributed by atoms with Gasteiger partial charge in [0.25, 0.3) is 0 Å². The van der Waals surface area contributed by atoms with Gasteiger partial charge in [-0.05, 0) is 29.7 Å². The van der Waals surface area contributed by atoms with Gasteiger partial charge in [0, 0.05) is 11.1 Å². The van der Waals surface area contributed by atoms with Crippen LogP contribution in [0.1, 0.15) is 11.1 Å². The lowest BCUT2D eigenvalue weighted by Crippen LogP contribution is -2.15. The van der Waals surface area contributed by atoms with E-state index < -0.39 is 0 Å². The molecule has 0 aliphatic heterocycles. The van der Waals surface area contributed by atoms with Gasteiger partial charge in [-0.25, -0.2) is 9.97 Å². The molecule has 0 spiro atoms. The Morgan fingerprint density at radius 2 is 1.61 bits per heavy atom. The predicted molar refractivity (Wildman–Crippen MR) is 115 cm³/mol. The summed E-state index contributed by atoms with van der Waals surface area (Å²) in [4.78, 5) is 21.1. The van der Waals surface area contributed by atoms with E-state index in [1.807, 2.05) is 66.7 Å². The Labute approximate surface area is 168 Å². The number of benzene rings is 3. The second-order valence-electron chi connectivity index (χ2n) is 6.35. The van der Waals surface area contributed by atoms with Crippen LogP contribution in [-0.2, 0) is 11.2 Å². The normalized spacial score (nSPS) is 10.7. The van der Waals surface area contributed by atoms with E-state index in [0.717, 1.165) is 33.6 Å². The van der Waals surface area contributed by atoms with Gasteiger partial charge in [-0.3, -0.25) is 4.79 Å². The molecule has 4 aromatic rings. The Morgan fingerprint density at radius 1 is 0.857 bits per heavy atom. The molecule has 0 saturated carbocycles. The van der Waals surface area contributed by atoms with E-state index in [2.05, 4.69) is 27.4 Å². The number of rotatable bonds is 6. The van der Waals surface area contributed by atoms with Crippen molar-refractivity contribution >= 4 is 34.3 Å². The summed E-state index contributed by atoms with van der Waals surface area (Å²) >= 11 is 1.42. The number of amides is 1. The summed E-state index contributed by atoms with van der Waals surface area (Å²) in [6.45, 7) is 0. The largest absolute Gasteiger partial charge is 0.325 e. The van der Waals surface area contributed by atoms with Crippen LogP contribution >= 0.6 is 11.8 Å². The first-order valence-corrected chi connectivity index (χ1v) is 10.0. The van der Waals surface area contributed by atoms with Crippen LogP contribution in [0.2, 0.25) is 0 Å². The van der Waals surface area contributed by atoms with Gasteiger partial charge in [0.15, 0.2) is 0 Å². The monoisotopic (exact) mass is 385 g/mol. The summed E-state index contributed by atoms with van der Waals surface area (Å²) in [5, 5.41) is 4.83. The molecule has 138 valence electrons. The van der Waals surface area contributed by atoms with Gasteiger partial charge in [-0.15, -0.1) is 0 Å². The summed E-state index contributed by atoms with van der Waals surface area (Å²) in [7, 11) is 0. The number of nitrogens with zero attached hydrogens (tertiary/aromatic N) is 2. The minimum atomic E-state index is -0.0480. The number of hydrogen-bond acceptors (Lipinski definition) is 4. The smallest absolute Gasteiger partial charge is 0.234 e. The molecule has 5 heteroatoms. The van der Waals surface area contributed by atoms with Crippen LogP contribution in [0, 0.1) is 0 Å². The van der Waals surface area contributed by atoms with Crippen molar-refractivity contribution in [3.8, 4) is 0 Å². The quantitative estimate of drug-likeness (QED) is 0.377. The van der Waals surface area contributed by atoms with E-state index in [4.69, 9.17) is 0 Å². The maximum absolute atomic E-state index is 12.6. The number of anilines is 1. The highest BCUT2D eigenvalue weighted by atomic mass is 32.2. The third kappa shape index (κ3) is 4.38. The number of nitrogens with one attached hydrogen (secondary N) is 1. The molecule has 0 bridgehead atoms. The van der Waals surface area contributed by atoms with Crippen molar-refractivity contribution in [2.75, 3.05) is 11.1 Å². The fraction of sp³-hybridized carbons (Fsp3) is 0.0870. The zero-order valence-corrected chi connectivity index (χ0v) is 16.0. The maximum atomic E-state index is 12.6. The van der Waals surface area contributed by atoms with Crippen molar-refractivity contribution in [3.63, 3.8) is 0 Å². The summed E-state index contributed by atoms with van der Waals surface area (Å²) in [5.41, 5.74) is 4.05. The number of aromatic nitrogens is 2. The van der Waals surface area contributed by atoms with Crippen LogP contribution in [-0.4, -0.2) is 21.6 Å². The predicted octanol–water partition coefficient (Wildman–Crippen LogP) is 4.95. The van der Waals surface area contributed by atoms with Crippen molar-refractivity contribution in [1.82, 2.24) is 9.97 Å². The first kappa shape index (κ1) is 18.2. The first-order chi connectivity index (χ1) is 13.8. The number of fused-ring (bicyclic) bond motifs is 1. The summed E-state index contributed by atoms with van der Waals surface area (Å²) < 4.78 is 0. The zero-order chi connectivity index (χ0) is 19.2. The molecule has 4 nitrogen and oxygen atoms in total. The molecule has 0 saturated heterocycles. The van der Waals surface area contributed by atoms with Crippen molar-refractivity contribution in [2.45, 2.75) is 11.4 Å². The van der Waals surface area contributed by atoms with Crippen molar-refractivity contribution in [3.05, 3.63) is 96.3 Å². The SMILES string of the molecule is O=C(CSc1ncnc2ccccc12)Nc1ccccc1Cc1ccccc1. The molecule has 0 aliphatic rings. The Morgan fingerprint density at radius 3 is 2.50 bits per heavy atom. The van der Waals surface area contributed by atoms with Gasteiger partial charge in [0.1, 0.15) is 11.4 Å². The van der Waals surface area contributed by atoms with Crippen LogP contribution in [0.3, 0.4) is 0 Å². The van der Waals surface area contributed by atoms with E-state index >= 15 is 0 Å². The second kappa shape index (κ2) is 8.67. The first-order valence-electron chi connectivity index (χ1n) is 9.04. The molecule has 28 heavy (non-hydrogen) atoms. The standard InChI is InChI=1S/C23H19N3OS/c27-22(15-28-23-19-11-5-7-13-21(19)24-16-25-23)26-20-12-6-4-10-18(20)14-17-8-2-1-3-9-17/h1-13,16H,14-15H2,(H,26,27). The molecule has 1 aromatic heterocycles. The van der Waals surface area contributed by atoms with Gasteiger partial charge >= 0.3 is 0 Å². The second-order valence-corrected chi connectivity index (χ2v) is 7.32. The Balaban J connectivity index is 1.44. The molecule has 0 fully saturated rings. The number of carbonyl (C=O) groups excluding carboxylic acids is 1. The third-order valence-electron chi connectivity index (χ3n) is 4.38. The minimum absolute atomic E-state index is 0.0480. The molecule has 3 aromatic carbocycles. The van der Waals surface area contributed by atoms with Gasteiger partial charge in [0.2, 0.25) is 5.91 Å². The molecule has 1 heterocycles.